The first-order valence-electron chi connectivity index (χ1n) is 6.00. The highest BCUT2D eigenvalue weighted by atomic mass is 79.9. The Bertz CT molecular complexity index is 564. The molecule has 18 heavy (non-hydrogen) atoms. The van der Waals surface area contributed by atoms with Gasteiger partial charge in [-0.15, -0.1) is 0 Å². The molecule has 3 rings (SSSR count). The molecule has 0 radical (unpaired) electrons. The van der Waals surface area contributed by atoms with Crippen LogP contribution < -0.4 is 0 Å². The van der Waals surface area contributed by atoms with Gasteiger partial charge >= 0.3 is 0 Å². The minimum Gasteiger partial charge on any atom is -0.233 e. The van der Waals surface area contributed by atoms with Crippen LogP contribution in [0.1, 0.15) is 37.3 Å². The van der Waals surface area contributed by atoms with Gasteiger partial charge in [-0.3, -0.25) is 0 Å². The monoisotopic (exact) mass is 342 g/mol. The predicted octanol–water partition coefficient (Wildman–Crippen LogP) is 5.28. The van der Waals surface area contributed by atoms with Crippen molar-refractivity contribution >= 4 is 38.9 Å². The van der Waals surface area contributed by atoms with Crippen LogP contribution in [0, 0.1) is 0 Å². The standard InChI is InChI=1S/C13H12BrClN2S/c14-10-7-18-6-9(10)13-16-11(5-12(15)17-13)8-3-1-2-4-8/h5-8H,1-4H2. The van der Waals surface area contributed by atoms with E-state index in [9.17, 15) is 0 Å². The highest BCUT2D eigenvalue weighted by Gasteiger charge is 2.20. The predicted molar refractivity (Wildman–Crippen MR) is 79.3 cm³/mol. The van der Waals surface area contributed by atoms with E-state index >= 15 is 0 Å². The van der Waals surface area contributed by atoms with E-state index < -0.39 is 0 Å². The average Bonchev–Trinajstić information content (AvgIpc) is 2.98. The lowest BCUT2D eigenvalue weighted by molar-refractivity contribution is 0.695. The summed E-state index contributed by atoms with van der Waals surface area (Å²) in [6, 6.07) is 1.92. The molecule has 1 aliphatic carbocycles. The van der Waals surface area contributed by atoms with E-state index in [1.54, 1.807) is 11.3 Å². The van der Waals surface area contributed by atoms with E-state index in [-0.39, 0.29) is 0 Å². The van der Waals surface area contributed by atoms with Gasteiger partial charge in [-0.05, 0) is 34.8 Å². The van der Waals surface area contributed by atoms with Gasteiger partial charge in [-0.1, -0.05) is 24.4 Å². The van der Waals surface area contributed by atoms with Crippen molar-refractivity contribution in [3.8, 4) is 11.4 Å². The van der Waals surface area contributed by atoms with Gasteiger partial charge in [0.1, 0.15) is 5.15 Å². The van der Waals surface area contributed by atoms with Crippen LogP contribution >= 0.6 is 38.9 Å². The Morgan fingerprint density at radius 1 is 1.22 bits per heavy atom. The minimum absolute atomic E-state index is 0.542. The van der Waals surface area contributed by atoms with Crippen molar-refractivity contribution in [1.29, 1.82) is 0 Å². The van der Waals surface area contributed by atoms with Crippen molar-refractivity contribution in [2.45, 2.75) is 31.6 Å². The Labute approximate surface area is 124 Å². The minimum atomic E-state index is 0.542. The fourth-order valence-electron chi connectivity index (χ4n) is 2.43. The summed E-state index contributed by atoms with van der Waals surface area (Å²) in [6.07, 6.45) is 5.03. The summed E-state index contributed by atoms with van der Waals surface area (Å²) in [6.45, 7) is 0. The zero-order valence-electron chi connectivity index (χ0n) is 9.70. The quantitative estimate of drug-likeness (QED) is 0.693. The first-order valence-corrected chi connectivity index (χ1v) is 8.12. The first kappa shape index (κ1) is 12.6. The highest BCUT2D eigenvalue weighted by molar-refractivity contribution is 9.10. The summed E-state index contributed by atoms with van der Waals surface area (Å²) in [5, 5.41) is 4.63. The van der Waals surface area contributed by atoms with Crippen LogP contribution in [-0.4, -0.2) is 9.97 Å². The molecule has 0 saturated heterocycles. The fourth-order valence-corrected chi connectivity index (χ4v) is 4.07. The van der Waals surface area contributed by atoms with E-state index in [0.717, 1.165) is 21.6 Å². The number of rotatable bonds is 2. The molecule has 0 atom stereocenters. The molecule has 1 aliphatic rings. The second kappa shape index (κ2) is 5.27. The maximum absolute atomic E-state index is 6.13. The van der Waals surface area contributed by atoms with E-state index in [4.69, 9.17) is 16.6 Å². The van der Waals surface area contributed by atoms with Crippen LogP contribution in [0.2, 0.25) is 5.15 Å². The fraction of sp³-hybridized carbons (Fsp3) is 0.385. The van der Waals surface area contributed by atoms with E-state index in [2.05, 4.69) is 20.9 Å². The maximum Gasteiger partial charge on any atom is 0.163 e. The second-order valence-corrected chi connectivity index (χ2v) is 6.54. The lowest BCUT2D eigenvalue weighted by Gasteiger charge is -2.10. The third kappa shape index (κ3) is 2.46. The second-order valence-electron chi connectivity index (χ2n) is 4.55. The van der Waals surface area contributed by atoms with E-state index in [1.165, 1.54) is 25.7 Å². The lowest BCUT2D eigenvalue weighted by Crippen LogP contribution is -2.00. The van der Waals surface area contributed by atoms with Gasteiger partial charge in [0.25, 0.3) is 0 Å². The molecule has 0 bridgehead atoms. The van der Waals surface area contributed by atoms with Crippen molar-refractivity contribution in [3.63, 3.8) is 0 Å². The van der Waals surface area contributed by atoms with Gasteiger partial charge in [0.2, 0.25) is 0 Å². The van der Waals surface area contributed by atoms with Crippen molar-refractivity contribution < 1.29 is 0 Å². The van der Waals surface area contributed by atoms with Gasteiger partial charge in [0.05, 0.1) is 0 Å². The first-order chi connectivity index (χ1) is 8.74. The molecule has 0 spiro atoms. The lowest BCUT2D eigenvalue weighted by atomic mass is 10.0. The average molecular weight is 344 g/mol. The largest absolute Gasteiger partial charge is 0.233 e. The molecule has 1 fully saturated rings. The summed E-state index contributed by atoms with van der Waals surface area (Å²) in [5.41, 5.74) is 2.13. The molecule has 94 valence electrons. The molecule has 2 aromatic rings. The summed E-state index contributed by atoms with van der Waals surface area (Å²) < 4.78 is 1.03. The van der Waals surface area contributed by atoms with Crippen LogP contribution in [0.15, 0.2) is 21.3 Å². The number of hydrogen-bond acceptors (Lipinski definition) is 3. The maximum atomic E-state index is 6.13. The molecule has 0 amide bonds. The zero-order chi connectivity index (χ0) is 12.5. The van der Waals surface area contributed by atoms with Crippen LogP contribution in [0.3, 0.4) is 0 Å². The SMILES string of the molecule is Clc1cc(C2CCCC2)nc(-c2cscc2Br)n1. The summed E-state index contributed by atoms with van der Waals surface area (Å²) in [7, 11) is 0. The molecular weight excluding hydrogens is 332 g/mol. The molecule has 0 N–H and O–H groups in total. The number of aromatic nitrogens is 2. The highest BCUT2D eigenvalue weighted by Crippen LogP contribution is 2.36. The van der Waals surface area contributed by atoms with Crippen LogP contribution in [0.4, 0.5) is 0 Å². The molecule has 0 unspecified atom stereocenters. The molecule has 2 nitrogen and oxygen atoms in total. The molecule has 0 aliphatic heterocycles. The summed E-state index contributed by atoms with van der Waals surface area (Å²) in [5.74, 6) is 1.29. The Hall–Kier alpha value is -0.450. The summed E-state index contributed by atoms with van der Waals surface area (Å²) in [4.78, 5) is 9.04. The Morgan fingerprint density at radius 2 is 2.00 bits per heavy atom. The third-order valence-electron chi connectivity index (χ3n) is 3.34. The molecular formula is C13H12BrClN2S. The molecule has 5 heteroatoms. The third-order valence-corrected chi connectivity index (χ3v) is 5.24. The number of hydrogen-bond donors (Lipinski definition) is 0. The summed E-state index contributed by atoms with van der Waals surface area (Å²) >= 11 is 11.3. The van der Waals surface area contributed by atoms with Crippen molar-refractivity contribution in [3.05, 3.63) is 32.1 Å². The van der Waals surface area contributed by atoms with Crippen molar-refractivity contribution in [2.24, 2.45) is 0 Å². The van der Waals surface area contributed by atoms with Gasteiger partial charge in [0.15, 0.2) is 5.82 Å². The van der Waals surface area contributed by atoms with Gasteiger partial charge in [0, 0.05) is 32.4 Å². The Balaban J connectivity index is 2.03. The van der Waals surface area contributed by atoms with Gasteiger partial charge in [-0.25, -0.2) is 9.97 Å². The van der Waals surface area contributed by atoms with Gasteiger partial charge < -0.3 is 0 Å². The Morgan fingerprint density at radius 3 is 2.67 bits per heavy atom. The van der Waals surface area contributed by atoms with Crippen LogP contribution in [0.25, 0.3) is 11.4 Å². The van der Waals surface area contributed by atoms with E-state index in [1.807, 2.05) is 16.8 Å². The number of nitrogens with zero attached hydrogens (tertiary/aromatic N) is 2. The number of thiophene rings is 1. The van der Waals surface area contributed by atoms with E-state index in [0.29, 0.717) is 11.1 Å². The Kier molecular flexibility index (Phi) is 3.68. The molecule has 2 heterocycles. The van der Waals surface area contributed by atoms with Crippen LogP contribution in [-0.2, 0) is 0 Å². The topological polar surface area (TPSA) is 25.8 Å². The molecule has 1 saturated carbocycles. The normalized spacial score (nSPS) is 16.3. The number of halogens is 2. The van der Waals surface area contributed by atoms with Crippen molar-refractivity contribution in [1.82, 2.24) is 9.97 Å². The van der Waals surface area contributed by atoms with Crippen LogP contribution in [0.5, 0.6) is 0 Å². The smallest absolute Gasteiger partial charge is 0.163 e. The van der Waals surface area contributed by atoms with Crippen molar-refractivity contribution in [2.75, 3.05) is 0 Å². The molecule has 2 aromatic heterocycles. The molecule has 0 aromatic carbocycles. The van der Waals surface area contributed by atoms with Gasteiger partial charge in [-0.2, -0.15) is 11.3 Å². The zero-order valence-corrected chi connectivity index (χ0v) is 12.9.